The molecular formula is C2H6I2NO2-. The van der Waals surface area contributed by atoms with E-state index in [0.717, 1.165) is 0 Å². The summed E-state index contributed by atoms with van der Waals surface area (Å²) in [4.78, 5) is 2.00. The van der Waals surface area contributed by atoms with Gasteiger partial charge in [0.25, 0.3) is 0 Å². The van der Waals surface area contributed by atoms with Crippen LogP contribution in [-0.2, 0) is 6.33 Å². The molecule has 0 rings (SSSR count). The van der Waals surface area contributed by atoms with E-state index >= 15 is 0 Å². The van der Waals surface area contributed by atoms with Gasteiger partial charge in [-0.05, 0) is 0 Å². The Morgan fingerprint density at radius 3 is 2.43 bits per heavy atom. The molecule has 7 heavy (non-hydrogen) atoms. The van der Waals surface area contributed by atoms with Crippen LogP contribution in [0.25, 0.3) is 0 Å². The molecule has 0 aromatic carbocycles. The maximum absolute atomic E-state index is 4.90. The topological polar surface area (TPSA) is 21.7 Å². The zero-order valence-electron chi connectivity index (χ0n) is 4.02. The molecule has 5 heteroatoms. The van der Waals surface area contributed by atoms with E-state index in [0.29, 0.717) is 0 Å². The van der Waals surface area contributed by atoms with Crippen LogP contribution in [0.1, 0.15) is 0 Å². The van der Waals surface area contributed by atoms with E-state index < -0.39 is 0 Å². The van der Waals surface area contributed by atoms with Gasteiger partial charge in [0.05, 0.1) is 0 Å². The van der Waals surface area contributed by atoms with Gasteiger partial charge in [-0.2, -0.15) is 0 Å². The average Bonchev–Trinajstić information content (AvgIpc) is 1.68. The molecule has 0 unspecified atom stereocenters. The fourth-order valence-corrected chi connectivity index (χ4v) is 1.13. The van der Waals surface area contributed by atoms with Gasteiger partial charge in [-0.15, -0.1) is 0 Å². The number of hydroxylamine groups is 2. The van der Waals surface area contributed by atoms with E-state index in [1.165, 1.54) is 5.23 Å². The summed E-state index contributed by atoms with van der Waals surface area (Å²) >= 11 is 1.61. The second-order valence-corrected chi connectivity index (χ2v) is 2.40. The third-order valence-electron chi connectivity index (χ3n) is 0.263. The summed E-state index contributed by atoms with van der Waals surface area (Å²) in [5.41, 5.74) is 0. The van der Waals surface area contributed by atoms with Crippen LogP contribution < -0.4 is 21.6 Å². The first kappa shape index (κ1) is 8.34. The van der Waals surface area contributed by atoms with Gasteiger partial charge in [0.1, 0.15) is 0 Å². The molecule has 0 N–H and O–H groups in total. The van der Waals surface area contributed by atoms with Gasteiger partial charge in [0, 0.05) is 0 Å². The van der Waals surface area contributed by atoms with Crippen molar-refractivity contribution in [1.29, 1.82) is 0 Å². The van der Waals surface area contributed by atoms with Gasteiger partial charge in [0.15, 0.2) is 0 Å². The Balaban J connectivity index is 2.83. The van der Waals surface area contributed by atoms with Gasteiger partial charge >= 0.3 is 68.2 Å². The summed E-state index contributed by atoms with van der Waals surface area (Å²) in [7, 11) is 1.72. The normalized spacial score (nSPS) is 10.9. The van der Waals surface area contributed by atoms with Crippen molar-refractivity contribution in [3.05, 3.63) is 0 Å². The summed E-state index contributed by atoms with van der Waals surface area (Å²) in [6.45, 7) is 0. The Labute approximate surface area is 67.7 Å². The Kier molecular flexibility index (Phi) is 6.52. The molecule has 0 fully saturated rings. The Morgan fingerprint density at radius 1 is 1.71 bits per heavy atom. The van der Waals surface area contributed by atoms with Gasteiger partial charge in [-0.3, -0.25) is 0 Å². The Bertz CT molecular complexity index is 44.7. The first-order valence-corrected chi connectivity index (χ1v) is 5.42. The van der Waals surface area contributed by atoms with Crippen molar-refractivity contribution in [2.45, 2.75) is 0 Å². The van der Waals surface area contributed by atoms with Crippen LogP contribution in [-0.4, -0.2) is 17.2 Å². The third kappa shape index (κ3) is 5.21. The minimum atomic E-state index is -0.143. The molecule has 46 valence electrons. The van der Waals surface area contributed by atoms with E-state index in [1.807, 2.05) is 4.93 Å². The van der Waals surface area contributed by atoms with E-state index in [9.17, 15) is 0 Å². The Hall–Kier alpha value is 1.34. The summed E-state index contributed by atoms with van der Waals surface area (Å²) in [6.07, 6.45) is 0. The van der Waals surface area contributed by atoms with E-state index in [4.69, 9.17) is 3.17 Å². The zero-order chi connectivity index (χ0) is 5.70. The van der Waals surface area contributed by atoms with Crippen molar-refractivity contribution in [1.82, 2.24) is 5.23 Å². The molecule has 0 radical (unpaired) electrons. The zero-order valence-corrected chi connectivity index (χ0v) is 8.33. The molecule has 0 spiro atoms. The fraction of sp³-hybridized carbons (Fsp3) is 1.00. The number of nitrogens with zero attached hydrogens (tertiary/aromatic N) is 1. The number of alkyl halides is 1. The number of rotatable bonds is 3. The molecule has 0 aliphatic carbocycles. The SMILES string of the molecule is C[I-]ON(C)OI. The number of halogens is 2. The van der Waals surface area contributed by atoms with E-state index in [2.05, 4.69) is 3.17 Å². The minimum absolute atomic E-state index is 0.143. The molecule has 0 saturated heterocycles. The van der Waals surface area contributed by atoms with Crippen LogP contribution in [0.15, 0.2) is 0 Å². The van der Waals surface area contributed by atoms with Crippen molar-refractivity contribution in [2.24, 2.45) is 0 Å². The van der Waals surface area contributed by atoms with E-state index in [1.54, 1.807) is 30.1 Å². The molecule has 0 heterocycles. The summed E-state index contributed by atoms with van der Waals surface area (Å²) in [6, 6.07) is 0. The third-order valence-corrected chi connectivity index (χ3v) is 1.77. The summed E-state index contributed by atoms with van der Waals surface area (Å²) in [5, 5.41) is 1.34. The predicted octanol–water partition coefficient (Wildman–Crippen LogP) is -2.23. The van der Waals surface area contributed by atoms with Gasteiger partial charge in [0.2, 0.25) is 0 Å². The predicted molar refractivity (Wildman–Crippen MR) is 29.9 cm³/mol. The quantitative estimate of drug-likeness (QED) is 0.332. The van der Waals surface area contributed by atoms with Crippen molar-refractivity contribution in [3.8, 4) is 0 Å². The first-order chi connectivity index (χ1) is 3.31. The van der Waals surface area contributed by atoms with Crippen molar-refractivity contribution in [2.75, 3.05) is 12.0 Å². The van der Waals surface area contributed by atoms with Crippen LogP contribution >= 0.6 is 23.0 Å². The molecule has 0 aliphatic rings. The molecular weight excluding hydrogens is 324 g/mol. The number of hydrogen-bond donors (Lipinski definition) is 0. The molecule has 0 aromatic heterocycles. The molecule has 0 bridgehead atoms. The standard InChI is InChI=1S/C2H6I2NO2/c1-4-7-5(2)6-3/h1-2H3/q-1. The second kappa shape index (κ2) is 5.48. The van der Waals surface area contributed by atoms with Crippen LogP contribution in [0, 0.1) is 0 Å². The Morgan fingerprint density at radius 2 is 2.29 bits per heavy atom. The molecule has 0 atom stereocenters. The van der Waals surface area contributed by atoms with Crippen LogP contribution in [0.3, 0.4) is 0 Å². The van der Waals surface area contributed by atoms with Crippen LogP contribution in [0.5, 0.6) is 0 Å². The van der Waals surface area contributed by atoms with E-state index in [-0.39, 0.29) is 21.6 Å². The van der Waals surface area contributed by atoms with Crippen LogP contribution in [0.2, 0.25) is 0 Å². The van der Waals surface area contributed by atoms with Crippen LogP contribution in [0.4, 0.5) is 0 Å². The second-order valence-electron chi connectivity index (χ2n) is 0.732. The molecule has 0 saturated carbocycles. The first-order valence-electron chi connectivity index (χ1n) is 1.50. The molecule has 0 amide bonds. The van der Waals surface area contributed by atoms with Gasteiger partial charge < -0.3 is 0 Å². The monoisotopic (exact) mass is 330 g/mol. The van der Waals surface area contributed by atoms with Gasteiger partial charge in [-0.25, -0.2) is 0 Å². The maximum atomic E-state index is 4.90. The van der Waals surface area contributed by atoms with Crippen molar-refractivity contribution in [3.63, 3.8) is 0 Å². The van der Waals surface area contributed by atoms with Gasteiger partial charge in [-0.1, -0.05) is 0 Å². The van der Waals surface area contributed by atoms with Crippen molar-refractivity contribution < 1.29 is 28.0 Å². The summed E-state index contributed by atoms with van der Waals surface area (Å²) < 4.78 is 9.50. The molecule has 0 aliphatic heterocycles. The fourth-order valence-electron chi connectivity index (χ4n) is 0.108. The van der Waals surface area contributed by atoms with Crippen molar-refractivity contribution >= 4 is 23.0 Å². The molecule has 0 aromatic rings. The number of hydrogen-bond acceptors (Lipinski definition) is 3. The summed E-state index contributed by atoms with van der Waals surface area (Å²) in [5.74, 6) is 0. The molecule has 3 nitrogen and oxygen atoms in total. The average molecular weight is 330 g/mol.